The summed E-state index contributed by atoms with van der Waals surface area (Å²) in [6.45, 7) is 2.37. The highest BCUT2D eigenvalue weighted by molar-refractivity contribution is 6.05. The van der Waals surface area contributed by atoms with Crippen LogP contribution in [0, 0.1) is 17.7 Å². The highest BCUT2D eigenvalue weighted by Crippen LogP contribution is 2.38. The molecule has 3 aliphatic rings. The van der Waals surface area contributed by atoms with Crippen molar-refractivity contribution in [3.05, 3.63) is 54.5 Å². The number of ether oxygens (including phenoxy) is 1. The molecule has 8 heteroatoms. The second-order valence-corrected chi connectivity index (χ2v) is 9.17. The number of hydrogen-bond donors (Lipinski definition) is 0. The van der Waals surface area contributed by atoms with E-state index in [1.807, 2.05) is 28.0 Å². The van der Waals surface area contributed by atoms with Crippen molar-refractivity contribution in [1.29, 1.82) is 0 Å². The van der Waals surface area contributed by atoms with Crippen molar-refractivity contribution in [3.8, 4) is 5.69 Å². The van der Waals surface area contributed by atoms with Gasteiger partial charge in [-0.2, -0.15) is 5.10 Å². The zero-order chi connectivity index (χ0) is 22.5. The van der Waals surface area contributed by atoms with Crippen molar-refractivity contribution in [2.75, 3.05) is 31.1 Å². The number of hydrogen-bond acceptors (Lipinski definition) is 4. The summed E-state index contributed by atoms with van der Waals surface area (Å²) < 4.78 is 21.5. The predicted octanol–water partition coefficient (Wildman–Crippen LogP) is 3.15. The number of fused-ring (bicyclic) bond motifs is 2. The Morgan fingerprint density at radius 2 is 1.94 bits per heavy atom. The summed E-state index contributed by atoms with van der Waals surface area (Å²) in [5, 5.41) is 5.22. The normalized spacial score (nSPS) is 24.8. The number of carbonyl (C=O) groups excluding carboxylic acids is 2. The molecule has 2 amide bonds. The molecular formula is C25H25FN4O3. The molecule has 0 radical (unpaired) electrons. The molecule has 2 aromatic carbocycles. The molecule has 1 unspecified atom stereocenters. The van der Waals surface area contributed by atoms with Gasteiger partial charge in [-0.3, -0.25) is 9.59 Å². The number of likely N-dealkylation sites (tertiary alicyclic amines) is 1. The van der Waals surface area contributed by atoms with Gasteiger partial charge in [-0.1, -0.05) is 18.2 Å². The zero-order valence-corrected chi connectivity index (χ0v) is 18.2. The topological polar surface area (TPSA) is 67.7 Å². The van der Waals surface area contributed by atoms with E-state index in [9.17, 15) is 14.0 Å². The number of carbonyl (C=O) groups is 2. The molecule has 3 fully saturated rings. The minimum absolute atomic E-state index is 0.0220. The summed E-state index contributed by atoms with van der Waals surface area (Å²) in [5.41, 5.74) is 1.90. The summed E-state index contributed by atoms with van der Waals surface area (Å²) in [7, 11) is 0. The van der Waals surface area contributed by atoms with Gasteiger partial charge in [0, 0.05) is 37.5 Å². The highest BCUT2D eigenvalue weighted by atomic mass is 19.1. The van der Waals surface area contributed by atoms with Crippen LogP contribution in [0.25, 0.3) is 16.6 Å². The van der Waals surface area contributed by atoms with Crippen molar-refractivity contribution in [2.24, 2.45) is 11.8 Å². The molecule has 3 aromatic rings. The summed E-state index contributed by atoms with van der Waals surface area (Å²) >= 11 is 0. The van der Waals surface area contributed by atoms with Gasteiger partial charge in [0.05, 0.1) is 35.8 Å². The molecule has 3 atom stereocenters. The van der Waals surface area contributed by atoms with Crippen molar-refractivity contribution < 1.29 is 18.7 Å². The fourth-order valence-electron chi connectivity index (χ4n) is 5.50. The van der Waals surface area contributed by atoms with Crippen LogP contribution in [0.5, 0.6) is 0 Å². The predicted molar refractivity (Wildman–Crippen MR) is 121 cm³/mol. The Morgan fingerprint density at radius 3 is 2.73 bits per heavy atom. The number of aromatic nitrogens is 2. The number of benzene rings is 2. The molecule has 4 heterocycles. The van der Waals surface area contributed by atoms with Crippen LogP contribution >= 0.6 is 0 Å². The van der Waals surface area contributed by atoms with Gasteiger partial charge in [0.25, 0.3) is 0 Å². The first-order chi connectivity index (χ1) is 16.1. The number of anilines is 1. The molecule has 0 aliphatic carbocycles. The number of halogens is 1. The fourth-order valence-corrected chi connectivity index (χ4v) is 5.50. The third kappa shape index (κ3) is 3.40. The first-order valence-corrected chi connectivity index (χ1v) is 11.5. The van der Waals surface area contributed by atoms with E-state index in [2.05, 4.69) is 5.10 Å². The molecule has 0 bridgehead atoms. The lowest BCUT2D eigenvalue weighted by Crippen LogP contribution is -2.36. The molecule has 33 heavy (non-hydrogen) atoms. The number of nitrogens with zero attached hydrogens (tertiary/aromatic N) is 4. The van der Waals surface area contributed by atoms with Gasteiger partial charge in [0.15, 0.2) is 0 Å². The maximum atomic E-state index is 14.4. The van der Waals surface area contributed by atoms with Gasteiger partial charge in [-0.05, 0) is 37.1 Å². The minimum atomic E-state index is -0.354. The number of para-hydroxylation sites is 1. The Morgan fingerprint density at radius 1 is 1.09 bits per heavy atom. The molecule has 0 saturated carbocycles. The smallest absolute Gasteiger partial charge is 0.232 e. The molecule has 0 spiro atoms. The molecule has 3 aliphatic heterocycles. The third-order valence-electron chi connectivity index (χ3n) is 7.18. The fraction of sp³-hybridized carbons (Fsp3) is 0.400. The summed E-state index contributed by atoms with van der Waals surface area (Å²) in [6, 6.07) is 12.2. The summed E-state index contributed by atoms with van der Waals surface area (Å²) in [4.78, 5) is 29.7. The van der Waals surface area contributed by atoms with Crippen molar-refractivity contribution in [3.63, 3.8) is 0 Å². The van der Waals surface area contributed by atoms with Crippen LogP contribution in [0.2, 0.25) is 0 Å². The van der Waals surface area contributed by atoms with Crippen molar-refractivity contribution in [1.82, 2.24) is 14.7 Å². The van der Waals surface area contributed by atoms with Crippen molar-refractivity contribution in [2.45, 2.75) is 25.4 Å². The van der Waals surface area contributed by atoms with Crippen molar-refractivity contribution >= 4 is 28.4 Å². The summed E-state index contributed by atoms with van der Waals surface area (Å²) in [6.07, 6.45) is 4.06. The lowest BCUT2D eigenvalue weighted by Gasteiger charge is -2.23. The lowest BCUT2D eigenvalue weighted by atomic mass is 10.0. The molecule has 0 N–H and O–H groups in total. The van der Waals surface area contributed by atoms with E-state index >= 15 is 0 Å². The Hall–Kier alpha value is -3.26. The van der Waals surface area contributed by atoms with E-state index in [1.165, 1.54) is 6.07 Å². The van der Waals surface area contributed by atoms with Gasteiger partial charge < -0.3 is 14.5 Å². The number of rotatable bonds is 4. The van der Waals surface area contributed by atoms with Crippen LogP contribution < -0.4 is 4.90 Å². The Bertz CT molecular complexity index is 1240. The average molecular weight is 448 g/mol. The highest BCUT2D eigenvalue weighted by Gasteiger charge is 2.48. The largest absolute Gasteiger partial charge is 0.378 e. The standard InChI is InChI=1S/C25H25FN4O3/c26-20-6-1-2-7-23(20)30-22-9-3-8-21(18(22)12-27-30)29-14-16-13-28(15-19(16)25(29)32)24(31)11-17-5-4-10-33-17/h1-3,6-9,12,16-17,19H,4-5,10-11,13-15H2/t16-,17?,19+/m1/s1. The van der Waals surface area contributed by atoms with E-state index in [4.69, 9.17) is 4.74 Å². The maximum Gasteiger partial charge on any atom is 0.232 e. The first kappa shape index (κ1) is 20.4. The van der Waals surface area contributed by atoms with Crippen LogP contribution in [-0.4, -0.2) is 58.8 Å². The maximum absolute atomic E-state index is 14.4. The minimum Gasteiger partial charge on any atom is -0.378 e. The molecule has 6 rings (SSSR count). The quantitative estimate of drug-likeness (QED) is 0.615. The van der Waals surface area contributed by atoms with E-state index < -0.39 is 0 Å². The lowest BCUT2D eigenvalue weighted by molar-refractivity contribution is -0.132. The van der Waals surface area contributed by atoms with E-state index in [0.717, 1.165) is 36.0 Å². The Labute approximate surface area is 190 Å². The summed E-state index contributed by atoms with van der Waals surface area (Å²) in [5.74, 6) is -0.298. The van der Waals surface area contributed by atoms with Gasteiger partial charge in [-0.25, -0.2) is 9.07 Å². The van der Waals surface area contributed by atoms with Crippen LogP contribution in [0.4, 0.5) is 10.1 Å². The van der Waals surface area contributed by atoms with Crippen LogP contribution in [0.3, 0.4) is 0 Å². The molecule has 170 valence electrons. The average Bonchev–Trinajstić information content (AvgIpc) is 3.59. The monoisotopic (exact) mass is 448 g/mol. The molecule has 7 nitrogen and oxygen atoms in total. The molecule has 3 saturated heterocycles. The van der Waals surface area contributed by atoms with Gasteiger partial charge in [0.1, 0.15) is 11.5 Å². The second-order valence-electron chi connectivity index (χ2n) is 9.17. The van der Waals surface area contributed by atoms with Crippen LogP contribution in [0.1, 0.15) is 19.3 Å². The van der Waals surface area contributed by atoms with E-state index in [-0.39, 0.29) is 35.6 Å². The third-order valence-corrected chi connectivity index (χ3v) is 7.18. The molecule has 1 aromatic heterocycles. The second kappa shape index (κ2) is 7.95. The Kier molecular flexibility index (Phi) is 4.90. The SMILES string of the molecule is O=C(CC1CCCO1)N1C[C@@H]2CN(c3cccc4c3cnn4-c3ccccc3F)C(=O)[C@H]2C1. The first-order valence-electron chi connectivity index (χ1n) is 11.5. The molecular weight excluding hydrogens is 423 g/mol. The van der Waals surface area contributed by atoms with Gasteiger partial charge in [0.2, 0.25) is 11.8 Å². The zero-order valence-electron chi connectivity index (χ0n) is 18.2. The van der Waals surface area contributed by atoms with Gasteiger partial charge >= 0.3 is 0 Å². The Balaban J connectivity index is 1.23. The van der Waals surface area contributed by atoms with E-state index in [1.54, 1.807) is 29.1 Å². The van der Waals surface area contributed by atoms with Crippen LogP contribution in [0.15, 0.2) is 48.7 Å². The van der Waals surface area contributed by atoms with E-state index in [0.29, 0.717) is 31.7 Å². The van der Waals surface area contributed by atoms with Crippen LogP contribution in [-0.2, 0) is 14.3 Å². The van der Waals surface area contributed by atoms with Gasteiger partial charge in [-0.15, -0.1) is 0 Å². The number of amides is 2.